The highest BCUT2D eigenvalue weighted by atomic mass is 16.2. The summed E-state index contributed by atoms with van der Waals surface area (Å²) in [6, 6.07) is 2.02. The van der Waals surface area contributed by atoms with E-state index in [1.54, 1.807) is 4.68 Å². The lowest BCUT2D eigenvalue weighted by atomic mass is 9.95. The van der Waals surface area contributed by atoms with E-state index in [4.69, 9.17) is 4.98 Å². The van der Waals surface area contributed by atoms with Crippen molar-refractivity contribution in [2.24, 2.45) is 13.0 Å². The number of rotatable bonds is 4. The highest BCUT2D eigenvalue weighted by molar-refractivity contribution is 5.79. The van der Waals surface area contributed by atoms with E-state index in [9.17, 15) is 4.79 Å². The van der Waals surface area contributed by atoms with Crippen molar-refractivity contribution in [2.45, 2.75) is 12.8 Å². The maximum Gasteiger partial charge on any atom is 0.236 e. The number of piperidine rings is 1. The minimum absolute atomic E-state index is 0.262. The van der Waals surface area contributed by atoms with Gasteiger partial charge in [-0.05, 0) is 31.9 Å². The van der Waals surface area contributed by atoms with Gasteiger partial charge in [0.05, 0.1) is 30.8 Å². The molecular weight excluding hydrogens is 380 g/mol. The van der Waals surface area contributed by atoms with E-state index in [2.05, 4.69) is 24.9 Å². The van der Waals surface area contributed by atoms with Gasteiger partial charge in [0.15, 0.2) is 5.82 Å². The van der Waals surface area contributed by atoms with Crippen LogP contribution in [-0.2, 0) is 11.8 Å². The van der Waals surface area contributed by atoms with Crippen LogP contribution in [0.1, 0.15) is 12.8 Å². The normalized spacial score (nSPS) is 19.2. The average Bonchev–Trinajstić information content (AvgIpc) is 3.39. The number of hydrogen-bond donors (Lipinski definition) is 0. The van der Waals surface area contributed by atoms with Crippen LogP contribution in [-0.4, -0.2) is 86.4 Å². The molecular formula is C21H28N8O. The van der Waals surface area contributed by atoms with Gasteiger partial charge in [0.1, 0.15) is 5.52 Å². The van der Waals surface area contributed by atoms with E-state index in [0.29, 0.717) is 12.5 Å². The van der Waals surface area contributed by atoms with Crippen molar-refractivity contribution in [3.63, 3.8) is 0 Å². The van der Waals surface area contributed by atoms with E-state index in [-0.39, 0.29) is 5.91 Å². The molecule has 3 aromatic heterocycles. The first-order valence-electron chi connectivity index (χ1n) is 10.6. The quantitative estimate of drug-likeness (QED) is 0.644. The van der Waals surface area contributed by atoms with Crippen molar-refractivity contribution in [3.8, 4) is 11.3 Å². The van der Waals surface area contributed by atoms with Gasteiger partial charge in [-0.15, -0.1) is 0 Å². The van der Waals surface area contributed by atoms with Gasteiger partial charge in [0.25, 0.3) is 0 Å². The predicted octanol–water partition coefficient (Wildman–Crippen LogP) is 1.12. The maximum atomic E-state index is 12.3. The Morgan fingerprint density at radius 1 is 1.07 bits per heavy atom. The van der Waals surface area contributed by atoms with E-state index >= 15 is 0 Å². The summed E-state index contributed by atoms with van der Waals surface area (Å²) in [5.74, 6) is 1.79. The summed E-state index contributed by atoms with van der Waals surface area (Å²) in [5, 5.41) is 8.73. The number of hydrogen-bond acceptors (Lipinski definition) is 6. The Morgan fingerprint density at radius 3 is 2.63 bits per heavy atom. The molecule has 0 spiro atoms. The van der Waals surface area contributed by atoms with Gasteiger partial charge in [0, 0.05) is 51.5 Å². The molecule has 158 valence electrons. The molecule has 3 aromatic rings. The van der Waals surface area contributed by atoms with Gasteiger partial charge in [0.2, 0.25) is 5.91 Å². The SMILES string of the molecule is CN1CCN(CC2CCN(c3nc(-c4cnn(C)c4)cn4nccc34)CC2)C(=O)C1. The summed E-state index contributed by atoms with van der Waals surface area (Å²) in [6.45, 7) is 5.12. The van der Waals surface area contributed by atoms with Crippen molar-refractivity contribution in [1.82, 2.24) is 34.2 Å². The van der Waals surface area contributed by atoms with E-state index in [1.807, 2.05) is 49.5 Å². The fourth-order valence-corrected chi connectivity index (χ4v) is 4.49. The second-order valence-electron chi connectivity index (χ2n) is 8.52. The summed E-state index contributed by atoms with van der Waals surface area (Å²) in [4.78, 5) is 23.8. The molecule has 30 heavy (non-hydrogen) atoms. The second-order valence-corrected chi connectivity index (χ2v) is 8.52. The van der Waals surface area contributed by atoms with Crippen molar-refractivity contribution in [2.75, 3.05) is 51.2 Å². The number of aryl methyl sites for hydroxylation is 1. The molecule has 0 atom stereocenters. The van der Waals surface area contributed by atoms with Crippen molar-refractivity contribution in [1.29, 1.82) is 0 Å². The van der Waals surface area contributed by atoms with Crippen LogP contribution >= 0.6 is 0 Å². The Bertz CT molecular complexity index is 1050. The highest BCUT2D eigenvalue weighted by Crippen LogP contribution is 2.29. The summed E-state index contributed by atoms with van der Waals surface area (Å²) in [5.41, 5.74) is 2.88. The molecule has 2 aliphatic rings. The van der Waals surface area contributed by atoms with Crippen LogP contribution in [0.2, 0.25) is 0 Å². The monoisotopic (exact) mass is 408 g/mol. The number of fused-ring (bicyclic) bond motifs is 1. The molecule has 0 unspecified atom stereocenters. The summed E-state index contributed by atoms with van der Waals surface area (Å²) in [7, 11) is 3.92. The number of piperazine rings is 1. The fourth-order valence-electron chi connectivity index (χ4n) is 4.49. The third kappa shape index (κ3) is 3.65. The van der Waals surface area contributed by atoms with E-state index < -0.39 is 0 Å². The van der Waals surface area contributed by atoms with Crippen LogP contribution in [0.15, 0.2) is 30.9 Å². The lowest BCUT2D eigenvalue weighted by molar-refractivity contribution is -0.136. The fraction of sp³-hybridized carbons (Fsp3) is 0.524. The van der Waals surface area contributed by atoms with Crippen LogP contribution in [0.5, 0.6) is 0 Å². The Hall–Kier alpha value is -2.94. The summed E-state index contributed by atoms with van der Waals surface area (Å²) in [6.07, 6.45) is 9.72. The number of aromatic nitrogens is 5. The lowest BCUT2D eigenvalue weighted by Crippen LogP contribution is -2.51. The zero-order valence-electron chi connectivity index (χ0n) is 17.6. The molecule has 0 bridgehead atoms. The molecule has 0 aromatic carbocycles. The van der Waals surface area contributed by atoms with Crippen molar-refractivity contribution >= 4 is 17.2 Å². The van der Waals surface area contributed by atoms with Gasteiger partial charge < -0.3 is 9.80 Å². The molecule has 2 saturated heterocycles. The molecule has 0 radical (unpaired) electrons. The standard InChI is InChI=1S/C21H28N8O/c1-25-9-10-28(20(30)15-25)12-16-4-7-27(8-5-16)21-19-3-6-22-29(19)14-18(24-21)17-11-23-26(2)13-17/h3,6,11,13-14,16H,4-5,7-10,12,15H2,1-2H3. The minimum Gasteiger partial charge on any atom is -0.355 e. The Morgan fingerprint density at radius 2 is 1.90 bits per heavy atom. The van der Waals surface area contributed by atoms with Gasteiger partial charge in [-0.25, -0.2) is 9.50 Å². The number of carbonyl (C=O) groups excluding carboxylic acids is 1. The van der Waals surface area contributed by atoms with Crippen LogP contribution in [0.25, 0.3) is 16.8 Å². The van der Waals surface area contributed by atoms with Crippen molar-refractivity contribution in [3.05, 3.63) is 30.9 Å². The molecule has 9 nitrogen and oxygen atoms in total. The number of amides is 1. The topological polar surface area (TPSA) is 74.8 Å². The second kappa shape index (κ2) is 7.71. The molecule has 0 aliphatic carbocycles. The van der Waals surface area contributed by atoms with Crippen LogP contribution in [0.4, 0.5) is 5.82 Å². The minimum atomic E-state index is 0.262. The lowest BCUT2D eigenvalue weighted by Gasteiger charge is -2.38. The molecule has 5 heterocycles. The smallest absolute Gasteiger partial charge is 0.236 e. The molecule has 2 fully saturated rings. The average molecular weight is 409 g/mol. The zero-order valence-corrected chi connectivity index (χ0v) is 17.6. The maximum absolute atomic E-state index is 12.3. The molecule has 9 heteroatoms. The van der Waals surface area contributed by atoms with Gasteiger partial charge >= 0.3 is 0 Å². The van der Waals surface area contributed by atoms with Crippen LogP contribution in [0.3, 0.4) is 0 Å². The molecule has 2 aliphatic heterocycles. The first kappa shape index (κ1) is 19.0. The van der Waals surface area contributed by atoms with Gasteiger partial charge in [-0.1, -0.05) is 0 Å². The summed E-state index contributed by atoms with van der Waals surface area (Å²) < 4.78 is 3.69. The highest BCUT2D eigenvalue weighted by Gasteiger charge is 2.28. The van der Waals surface area contributed by atoms with Crippen LogP contribution in [0, 0.1) is 5.92 Å². The molecule has 0 N–H and O–H groups in total. The first-order chi connectivity index (χ1) is 14.6. The van der Waals surface area contributed by atoms with Gasteiger partial charge in [-0.3, -0.25) is 14.4 Å². The number of carbonyl (C=O) groups is 1. The Balaban J connectivity index is 1.31. The molecule has 0 saturated carbocycles. The Labute approximate surface area is 175 Å². The van der Waals surface area contributed by atoms with Crippen molar-refractivity contribution < 1.29 is 4.79 Å². The number of anilines is 1. The van der Waals surface area contributed by atoms with Gasteiger partial charge in [-0.2, -0.15) is 10.2 Å². The zero-order chi connectivity index (χ0) is 20.7. The first-order valence-corrected chi connectivity index (χ1v) is 10.6. The van der Waals surface area contributed by atoms with E-state index in [0.717, 1.165) is 68.2 Å². The van der Waals surface area contributed by atoms with Crippen LogP contribution < -0.4 is 4.90 Å². The molecule has 5 rings (SSSR count). The third-order valence-electron chi connectivity index (χ3n) is 6.27. The number of likely N-dealkylation sites (N-methyl/N-ethyl adjacent to an activating group) is 1. The molecule has 1 amide bonds. The van der Waals surface area contributed by atoms with E-state index in [1.165, 1.54) is 0 Å². The Kier molecular flexibility index (Phi) is 4.90. The summed E-state index contributed by atoms with van der Waals surface area (Å²) >= 11 is 0. The third-order valence-corrected chi connectivity index (χ3v) is 6.27. The number of nitrogens with zero attached hydrogens (tertiary/aromatic N) is 8. The largest absolute Gasteiger partial charge is 0.355 e. The predicted molar refractivity (Wildman–Crippen MR) is 114 cm³/mol.